The van der Waals surface area contributed by atoms with Gasteiger partial charge in [0, 0.05) is 17.8 Å². The Hall–Kier alpha value is -2.78. The van der Waals surface area contributed by atoms with Crippen LogP contribution in [0.4, 0.5) is 0 Å². The summed E-state index contributed by atoms with van der Waals surface area (Å²) in [5, 5.41) is 23.4. The largest absolute Gasteiger partial charge is 0.494 e. The Bertz CT molecular complexity index is 794. The number of carbonyl (C=O) groups excluding carboxylic acids is 1. The third-order valence-electron chi connectivity index (χ3n) is 4.74. The van der Waals surface area contributed by atoms with Crippen molar-refractivity contribution in [3.8, 4) is 11.8 Å². The molecule has 0 spiro atoms. The molecule has 1 unspecified atom stereocenters. The van der Waals surface area contributed by atoms with Crippen molar-refractivity contribution in [2.75, 3.05) is 19.8 Å². The van der Waals surface area contributed by atoms with Crippen molar-refractivity contribution in [1.82, 2.24) is 5.32 Å². The highest BCUT2D eigenvalue weighted by atomic mass is 16.5. The zero-order valence-corrected chi connectivity index (χ0v) is 16.4. The first kappa shape index (κ1) is 21.5. The van der Waals surface area contributed by atoms with Gasteiger partial charge < -0.3 is 24.6 Å². The number of nitriles is 1. The fourth-order valence-electron chi connectivity index (χ4n) is 3.00. The standard InChI is InChI=1S/C21H26N2O5/c1-4-21(3)20(25)19(17-11-15(12-22)7-8-18(17)28-21)23-13-16(27-5-2)14-26-10-6-9-24/h6-8,11,13,19-20,23,25H,4-5,10,14H2,1-3H3/b16-13+/t19?,20-,21+/m1/s1. The van der Waals surface area contributed by atoms with Gasteiger partial charge in [0.2, 0.25) is 0 Å². The van der Waals surface area contributed by atoms with E-state index in [0.717, 1.165) is 0 Å². The number of benzene rings is 1. The molecule has 0 fully saturated rings. The van der Waals surface area contributed by atoms with Crippen molar-refractivity contribution in [3.05, 3.63) is 47.4 Å². The average molecular weight is 386 g/mol. The zero-order chi connectivity index (χ0) is 20.6. The predicted molar refractivity (Wildman–Crippen MR) is 103 cm³/mol. The molecule has 28 heavy (non-hydrogen) atoms. The van der Waals surface area contributed by atoms with E-state index >= 15 is 0 Å². The third kappa shape index (κ3) is 4.93. The topological polar surface area (TPSA) is 101 Å². The molecule has 150 valence electrons. The van der Waals surface area contributed by atoms with Crippen LogP contribution in [0.25, 0.3) is 0 Å². The number of hydrogen-bond donors (Lipinski definition) is 2. The van der Waals surface area contributed by atoms with Crippen LogP contribution < -0.4 is 10.1 Å². The zero-order valence-electron chi connectivity index (χ0n) is 16.4. The van der Waals surface area contributed by atoms with Crippen LogP contribution in [-0.4, -0.2) is 42.6 Å². The molecule has 3 atom stereocenters. The highest BCUT2D eigenvalue weighted by Gasteiger charge is 2.44. The van der Waals surface area contributed by atoms with E-state index in [1.54, 1.807) is 30.3 Å². The fraction of sp³-hybridized carbons (Fsp3) is 0.476. The van der Waals surface area contributed by atoms with Gasteiger partial charge in [-0.1, -0.05) is 6.92 Å². The predicted octanol–water partition coefficient (Wildman–Crippen LogP) is 2.39. The van der Waals surface area contributed by atoms with Crippen molar-refractivity contribution in [1.29, 1.82) is 5.26 Å². The van der Waals surface area contributed by atoms with Crippen LogP contribution in [0.15, 0.2) is 36.2 Å². The minimum atomic E-state index is -0.850. The Kier molecular flexibility index (Phi) is 7.65. The van der Waals surface area contributed by atoms with Gasteiger partial charge >= 0.3 is 0 Å². The molecule has 2 N–H and O–H groups in total. The molecule has 0 aromatic heterocycles. The normalized spacial score (nSPS) is 23.6. The van der Waals surface area contributed by atoms with Gasteiger partial charge in [0.05, 0.1) is 30.9 Å². The van der Waals surface area contributed by atoms with Crippen molar-refractivity contribution >= 4 is 5.94 Å². The maximum absolute atomic E-state index is 11.0. The molecule has 1 aliphatic heterocycles. The average Bonchev–Trinajstić information content (AvgIpc) is 2.71. The van der Waals surface area contributed by atoms with E-state index < -0.39 is 17.7 Å². The summed E-state index contributed by atoms with van der Waals surface area (Å²) < 4.78 is 16.9. The van der Waals surface area contributed by atoms with Crippen molar-refractivity contribution in [2.24, 2.45) is 0 Å². The lowest BCUT2D eigenvalue weighted by atomic mass is 9.83. The maximum Gasteiger partial charge on any atom is 0.137 e. The molecular weight excluding hydrogens is 360 g/mol. The summed E-state index contributed by atoms with van der Waals surface area (Å²) in [7, 11) is 0. The van der Waals surface area contributed by atoms with E-state index in [-0.39, 0.29) is 13.2 Å². The van der Waals surface area contributed by atoms with Gasteiger partial charge in [-0.3, -0.25) is 0 Å². The summed E-state index contributed by atoms with van der Waals surface area (Å²) in [4.78, 5) is 10.2. The van der Waals surface area contributed by atoms with Gasteiger partial charge in [-0.05, 0) is 38.5 Å². The summed E-state index contributed by atoms with van der Waals surface area (Å²) in [5.74, 6) is 2.81. The first-order valence-electron chi connectivity index (χ1n) is 9.25. The maximum atomic E-state index is 11.0. The molecule has 0 amide bonds. The van der Waals surface area contributed by atoms with Crippen LogP contribution >= 0.6 is 0 Å². The van der Waals surface area contributed by atoms with E-state index in [1.165, 1.54) is 6.08 Å². The number of hydrogen-bond acceptors (Lipinski definition) is 7. The molecule has 1 aliphatic rings. The lowest BCUT2D eigenvalue weighted by Crippen LogP contribution is -2.53. The number of aliphatic hydroxyl groups is 1. The van der Waals surface area contributed by atoms with E-state index in [0.29, 0.717) is 35.7 Å². The van der Waals surface area contributed by atoms with Gasteiger partial charge in [0.1, 0.15) is 35.8 Å². The van der Waals surface area contributed by atoms with Crippen LogP contribution in [0.1, 0.15) is 44.4 Å². The second-order valence-corrected chi connectivity index (χ2v) is 6.60. The SMILES string of the molecule is CCO/C(=C/NC1c2cc(C#N)ccc2O[C@@](C)(CC)[C@@H]1O)COCC=C=O. The van der Waals surface area contributed by atoms with Gasteiger partial charge in [0.15, 0.2) is 0 Å². The lowest BCUT2D eigenvalue weighted by Gasteiger charge is -2.44. The summed E-state index contributed by atoms with van der Waals surface area (Å²) >= 11 is 0. The number of nitrogens with one attached hydrogen (secondary N) is 1. The highest BCUT2D eigenvalue weighted by Crippen LogP contribution is 2.41. The molecule has 1 heterocycles. The number of ether oxygens (including phenoxy) is 3. The molecule has 1 aromatic rings. The first-order valence-corrected chi connectivity index (χ1v) is 9.25. The second kappa shape index (κ2) is 9.95. The Balaban J connectivity index is 2.30. The van der Waals surface area contributed by atoms with Crippen molar-refractivity contribution < 1.29 is 24.1 Å². The number of rotatable bonds is 9. The highest BCUT2D eigenvalue weighted by molar-refractivity contribution is 5.46. The van der Waals surface area contributed by atoms with E-state index in [1.807, 2.05) is 20.8 Å². The minimum absolute atomic E-state index is 0.135. The Morgan fingerprint density at radius 3 is 2.89 bits per heavy atom. The monoisotopic (exact) mass is 386 g/mol. The van der Waals surface area contributed by atoms with Gasteiger partial charge in [-0.25, -0.2) is 4.79 Å². The number of nitrogens with zero attached hydrogens (tertiary/aromatic N) is 1. The van der Waals surface area contributed by atoms with Crippen LogP contribution in [0.3, 0.4) is 0 Å². The molecule has 1 aromatic carbocycles. The Morgan fingerprint density at radius 1 is 1.46 bits per heavy atom. The summed E-state index contributed by atoms with van der Waals surface area (Å²) in [6.07, 6.45) is 2.64. The van der Waals surface area contributed by atoms with E-state index in [9.17, 15) is 15.2 Å². The lowest BCUT2D eigenvalue weighted by molar-refractivity contribution is -0.0762. The molecule has 0 bridgehead atoms. The third-order valence-corrected chi connectivity index (χ3v) is 4.74. The van der Waals surface area contributed by atoms with Crippen molar-refractivity contribution in [2.45, 2.75) is 44.9 Å². The quantitative estimate of drug-likeness (QED) is 0.382. The van der Waals surface area contributed by atoms with Gasteiger partial charge in [-0.15, -0.1) is 0 Å². The van der Waals surface area contributed by atoms with E-state index in [4.69, 9.17) is 14.2 Å². The van der Waals surface area contributed by atoms with Crippen LogP contribution in [-0.2, 0) is 14.3 Å². The second-order valence-electron chi connectivity index (χ2n) is 6.60. The molecule has 0 saturated carbocycles. The molecule has 0 radical (unpaired) electrons. The summed E-state index contributed by atoms with van der Waals surface area (Å²) in [6, 6.07) is 6.78. The molecule has 0 saturated heterocycles. The summed E-state index contributed by atoms with van der Waals surface area (Å²) in [6.45, 7) is 6.40. The Labute approximate surface area is 165 Å². The molecular formula is C21H26N2O5. The minimum Gasteiger partial charge on any atom is -0.494 e. The molecule has 7 heteroatoms. The van der Waals surface area contributed by atoms with Gasteiger partial charge in [-0.2, -0.15) is 5.26 Å². The molecule has 7 nitrogen and oxygen atoms in total. The van der Waals surface area contributed by atoms with Gasteiger partial charge in [0.25, 0.3) is 0 Å². The van der Waals surface area contributed by atoms with Crippen molar-refractivity contribution in [3.63, 3.8) is 0 Å². The Morgan fingerprint density at radius 2 is 2.25 bits per heavy atom. The van der Waals surface area contributed by atoms with Crippen LogP contribution in [0.5, 0.6) is 5.75 Å². The smallest absolute Gasteiger partial charge is 0.137 e. The number of fused-ring (bicyclic) bond motifs is 1. The van der Waals surface area contributed by atoms with E-state index in [2.05, 4.69) is 11.4 Å². The summed E-state index contributed by atoms with van der Waals surface area (Å²) in [5.41, 5.74) is 0.415. The molecule has 2 rings (SSSR count). The molecule has 0 aliphatic carbocycles. The first-order chi connectivity index (χ1) is 13.5. The fourth-order valence-corrected chi connectivity index (χ4v) is 3.00. The van der Waals surface area contributed by atoms with Crippen LogP contribution in [0.2, 0.25) is 0 Å². The number of aliphatic hydroxyl groups excluding tert-OH is 1. The van der Waals surface area contributed by atoms with Crippen LogP contribution in [0, 0.1) is 11.3 Å².